The predicted molar refractivity (Wildman–Crippen MR) is 58.3 cm³/mol. The third kappa shape index (κ3) is 3.13. The molecule has 5 nitrogen and oxygen atoms in total. The van der Waals surface area contributed by atoms with Crippen molar-refractivity contribution in [2.75, 3.05) is 12.8 Å². The van der Waals surface area contributed by atoms with Gasteiger partial charge in [0, 0.05) is 13.5 Å². The molecule has 5 heteroatoms. The lowest BCUT2D eigenvalue weighted by molar-refractivity contribution is 0.0922. The molecule has 0 amide bonds. The third-order valence-electron chi connectivity index (χ3n) is 2.13. The molecule has 1 atom stereocenters. The van der Waals surface area contributed by atoms with Crippen molar-refractivity contribution in [3.05, 3.63) is 11.6 Å². The third-order valence-corrected chi connectivity index (χ3v) is 2.13. The molecule has 84 valence electrons. The van der Waals surface area contributed by atoms with Crippen molar-refractivity contribution in [1.82, 2.24) is 15.0 Å². The van der Waals surface area contributed by atoms with E-state index in [0.29, 0.717) is 5.82 Å². The van der Waals surface area contributed by atoms with Gasteiger partial charge in [-0.25, -0.2) is 4.98 Å². The maximum absolute atomic E-state index is 5.62. The summed E-state index contributed by atoms with van der Waals surface area (Å²) in [7, 11) is 1.65. The van der Waals surface area contributed by atoms with Gasteiger partial charge in [-0.1, -0.05) is 13.8 Å². The van der Waals surface area contributed by atoms with Crippen molar-refractivity contribution in [1.29, 1.82) is 0 Å². The Hall–Kier alpha value is -1.23. The zero-order valence-electron chi connectivity index (χ0n) is 9.53. The second kappa shape index (κ2) is 5.60. The first kappa shape index (κ1) is 11.8. The molecule has 15 heavy (non-hydrogen) atoms. The lowest BCUT2D eigenvalue weighted by Crippen LogP contribution is -2.12. The first-order chi connectivity index (χ1) is 7.21. The summed E-state index contributed by atoms with van der Waals surface area (Å²) in [5.41, 5.74) is 5.62. The van der Waals surface area contributed by atoms with Crippen molar-refractivity contribution >= 4 is 5.95 Å². The van der Waals surface area contributed by atoms with E-state index in [-0.39, 0.29) is 12.1 Å². The van der Waals surface area contributed by atoms with Crippen molar-refractivity contribution in [2.45, 2.75) is 39.2 Å². The van der Waals surface area contributed by atoms with Crippen LogP contribution in [0.3, 0.4) is 0 Å². The Balaban J connectivity index is 2.96. The highest BCUT2D eigenvalue weighted by molar-refractivity contribution is 5.16. The fourth-order valence-electron chi connectivity index (χ4n) is 1.39. The number of anilines is 1. The summed E-state index contributed by atoms with van der Waals surface area (Å²) >= 11 is 0. The minimum absolute atomic E-state index is 0.0918. The normalized spacial score (nSPS) is 12.7. The number of nitrogen functional groups attached to an aromatic ring is 1. The van der Waals surface area contributed by atoms with E-state index in [9.17, 15) is 0 Å². The minimum atomic E-state index is -0.0918. The summed E-state index contributed by atoms with van der Waals surface area (Å²) in [6.45, 7) is 4.10. The zero-order valence-corrected chi connectivity index (χ0v) is 9.53. The summed E-state index contributed by atoms with van der Waals surface area (Å²) in [6.07, 6.45) is 2.55. The standard InChI is InChI=1S/C10H18N4O/c1-4-6-8-12-9(7(5-2)15-3)14-10(11)13-8/h7H,4-6H2,1-3H3,(H2,11,12,13,14). The smallest absolute Gasteiger partial charge is 0.223 e. The van der Waals surface area contributed by atoms with E-state index in [1.807, 2.05) is 6.92 Å². The number of ether oxygens (including phenoxy) is 1. The SMILES string of the molecule is CCCc1nc(N)nc(C(CC)OC)n1. The van der Waals surface area contributed by atoms with E-state index in [2.05, 4.69) is 21.9 Å². The Labute approximate surface area is 90.1 Å². The van der Waals surface area contributed by atoms with E-state index < -0.39 is 0 Å². The topological polar surface area (TPSA) is 73.9 Å². The van der Waals surface area contributed by atoms with Gasteiger partial charge >= 0.3 is 0 Å². The molecule has 0 radical (unpaired) electrons. The van der Waals surface area contributed by atoms with Crippen LogP contribution < -0.4 is 5.73 Å². The second-order valence-corrected chi connectivity index (χ2v) is 3.35. The van der Waals surface area contributed by atoms with E-state index in [1.165, 1.54) is 0 Å². The largest absolute Gasteiger partial charge is 0.373 e. The van der Waals surface area contributed by atoms with Crippen LogP contribution in [0.25, 0.3) is 0 Å². The van der Waals surface area contributed by atoms with Crippen molar-refractivity contribution < 1.29 is 4.74 Å². The molecule has 0 saturated heterocycles. The monoisotopic (exact) mass is 210 g/mol. The Morgan fingerprint density at radius 3 is 2.53 bits per heavy atom. The molecule has 0 aliphatic carbocycles. The van der Waals surface area contributed by atoms with Crippen LogP contribution in [0.2, 0.25) is 0 Å². The van der Waals surface area contributed by atoms with Gasteiger partial charge in [0.2, 0.25) is 5.95 Å². The summed E-state index contributed by atoms with van der Waals surface area (Å²) in [5, 5.41) is 0. The van der Waals surface area contributed by atoms with Gasteiger partial charge in [-0.2, -0.15) is 9.97 Å². The molecular weight excluding hydrogens is 192 g/mol. The van der Waals surface area contributed by atoms with Crippen molar-refractivity contribution in [2.24, 2.45) is 0 Å². The molecule has 1 rings (SSSR count). The lowest BCUT2D eigenvalue weighted by atomic mass is 10.2. The maximum Gasteiger partial charge on any atom is 0.223 e. The summed E-state index contributed by atoms with van der Waals surface area (Å²) in [6, 6.07) is 0. The van der Waals surface area contributed by atoms with Crippen LogP contribution in [0.5, 0.6) is 0 Å². The highest BCUT2D eigenvalue weighted by atomic mass is 16.5. The van der Waals surface area contributed by atoms with E-state index >= 15 is 0 Å². The molecule has 0 fully saturated rings. The molecule has 1 heterocycles. The number of aryl methyl sites for hydroxylation is 1. The summed E-state index contributed by atoms with van der Waals surface area (Å²) < 4.78 is 5.27. The summed E-state index contributed by atoms with van der Waals surface area (Å²) in [5.74, 6) is 1.66. The number of rotatable bonds is 5. The number of methoxy groups -OCH3 is 1. The number of hydrogen-bond acceptors (Lipinski definition) is 5. The van der Waals surface area contributed by atoms with Crippen LogP contribution in [-0.2, 0) is 11.2 Å². The van der Waals surface area contributed by atoms with Gasteiger partial charge < -0.3 is 10.5 Å². The number of hydrogen-bond donors (Lipinski definition) is 1. The Kier molecular flexibility index (Phi) is 4.42. The maximum atomic E-state index is 5.62. The van der Waals surface area contributed by atoms with Gasteiger partial charge in [-0.3, -0.25) is 0 Å². The first-order valence-corrected chi connectivity index (χ1v) is 5.24. The average Bonchev–Trinajstić information content (AvgIpc) is 2.19. The number of nitrogens with two attached hydrogens (primary N) is 1. The van der Waals surface area contributed by atoms with Crippen LogP contribution in [-0.4, -0.2) is 22.1 Å². The van der Waals surface area contributed by atoms with E-state index in [4.69, 9.17) is 10.5 Å². The highest BCUT2D eigenvalue weighted by Crippen LogP contribution is 2.16. The molecule has 0 aliphatic heterocycles. The molecule has 2 N–H and O–H groups in total. The predicted octanol–water partition coefficient (Wildman–Crippen LogP) is 1.50. The van der Waals surface area contributed by atoms with Crippen LogP contribution in [0, 0.1) is 0 Å². The molecule has 0 aromatic carbocycles. The van der Waals surface area contributed by atoms with Gasteiger partial charge in [-0.15, -0.1) is 0 Å². The number of nitrogens with zero attached hydrogens (tertiary/aromatic N) is 3. The van der Waals surface area contributed by atoms with Gasteiger partial charge in [-0.05, 0) is 12.8 Å². The minimum Gasteiger partial charge on any atom is -0.373 e. The Morgan fingerprint density at radius 2 is 2.00 bits per heavy atom. The van der Waals surface area contributed by atoms with Gasteiger partial charge in [0.05, 0.1) is 0 Å². The van der Waals surface area contributed by atoms with Crippen LogP contribution in [0.1, 0.15) is 44.4 Å². The molecule has 1 aromatic heterocycles. The van der Waals surface area contributed by atoms with E-state index in [0.717, 1.165) is 25.1 Å². The molecular formula is C10H18N4O. The lowest BCUT2D eigenvalue weighted by Gasteiger charge is -2.12. The zero-order chi connectivity index (χ0) is 11.3. The molecule has 0 aliphatic rings. The number of aromatic nitrogens is 3. The quantitative estimate of drug-likeness (QED) is 0.797. The van der Waals surface area contributed by atoms with Gasteiger partial charge in [0.15, 0.2) is 5.82 Å². The Bertz CT molecular complexity index is 312. The highest BCUT2D eigenvalue weighted by Gasteiger charge is 2.13. The van der Waals surface area contributed by atoms with Gasteiger partial charge in [0.25, 0.3) is 0 Å². The fraction of sp³-hybridized carbons (Fsp3) is 0.700. The van der Waals surface area contributed by atoms with Crippen molar-refractivity contribution in [3.8, 4) is 0 Å². The molecule has 0 bridgehead atoms. The molecule has 1 unspecified atom stereocenters. The molecule has 0 saturated carbocycles. The van der Waals surface area contributed by atoms with E-state index in [1.54, 1.807) is 7.11 Å². The van der Waals surface area contributed by atoms with Crippen molar-refractivity contribution in [3.63, 3.8) is 0 Å². The second-order valence-electron chi connectivity index (χ2n) is 3.35. The summed E-state index contributed by atoms with van der Waals surface area (Å²) in [4.78, 5) is 12.5. The van der Waals surface area contributed by atoms with Crippen LogP contribution >= 0.6 is 0 Å². The fourth-order valence-corrected chi connectivity index (χ4v) is 1.39. The van der Waals surface area contributed by atoms with Crippen LogP contribution in [0.15, 0.2) is 0 Å². The average molecular weight is 210 g/mol. The molecule has 0 spiro atoms. The first-order valence-electron chi connectivity index (χ1n) is 5.24. The molecule has 1 aromatic rings. The van der Waals surface area contributed by atoms with Gasteiger partial charge in [0.1, 0.15) is 11.9 Å². The van der Waals surface area contributed by atoms with Crippen LogP contribution in [0.4, 0.5) is 5.95 Å². The Morgan fingerprint density at radius 1 is 1.27 bits per heavy atom.